The Bertz CT molecular complexity index is 1040. The van der Waals surface area contributed by atoms with Gasteiger partial charge in [-0.15, -0.1) is 0 Å². The molecule has 0 atom stereocenters. The number of hydrogen-bond donors (Lipinski definition) is 1. The molecule has 0 aliphatic heterocycles. The fourth-order valence-electron chi connectivity index (χ4n) is 2.07. The standard InChI is InChI=1S/C18H10ClF3N4S2/c19-14-8-11(18(20,21)22)10-25-17(14)27-16-13(9-23)15(28-26-16)6-7-24-12-4-2-1-3-5-12/h1-8,10,24H/b7-6+. The van der Waals surface area contributed by atoms with Crippen LogP contribution in [0, 0.1) is 11.3 Å². The lowest BCUT2D eigenvalue weighted by molar-refractivity contribution is -0.137. The Kier molecular flexibility index (Phi) is 6.24. The minimum Gasteiger partial charge on any atom is -0.362 e. The van der Waals surface area contributed by atoms with Crippen LogP contribution < -0.4 is 5.32 Å². The molecule has 142 valence electrons. The molecule has 0 unspecified atom stereocenters. The molecule has 0 spiro atoms. The summed E-state index contributed by atoms with van der Waals surface area (Å²) in [6, 6.07) is 12.3. The summed E-state index contributed by atoms with van der Waals surface area (Å²) in [7, 11) is 0. The maximum absolute atomic E-state index is 12.7. The normalized spacial score (nSPS) is 11.5. The van der Waals surface area contributed by atoms with Gasteiger partial charge in [0, 0.05) is 18.1 Å². The maximum Gasteiger partial charge on any atom is 0.417 e. The maximum atomic E-state index is 12.7. The van der Waals surface area contributed by atoms with Gasteiger partial charge < -0.3 is 5.32 Å². The molecule has 0 fully saturated rings. The van der Waals surface area contributed by atoms with Crippen LogP contribution in [-0.2, 0) is 6.18 Å². The summed E-state index contributed by atoms with van der Waals surface area (Å²) >= 11 is 7.97. The Morgan fingerprint density at radius 3 is 2.61 bits per heavy atom. The number of rotatable bonds is 5. The van der Waals surface area contributed by atoms with Gasteiger partial charge in [-0.05, 0) is 47.6 Å². The fraction of sp³-hybridized carbons (Fsp3) is 0.0556. The van der Waals surface area contributed by atoms with E-state index in [1.807, 2.05) is 30.3 Å². The third-order valence-corrected chi connectivity index (χ3v) is 5.72. The molecule has 0 aliphatic carbocycles. The monoisotopic (exact) mass is 438 g/mol. The quantitative estimate of drug-likeness (QED) is 0.505. The van der Waals surface area contributed by atoms with E-state index >= 15 is 0 Å². The molecule has 3 aromatic rings. The molecule has 2 aromatic heterocycles. The number of halogens is 4. The number of nitrogens with zero attached hydrogens (tertiary/aromatic N) is 3. The molecule has 3 rings (SSSR count). The van der Waals surface area contributed by atoms with E-state index in [-0.39, 0.29) is 10.0 Å². The Hall–Kier alpha value is -2.54. The molecule has 1 N–H and O–H groups in total. The van der Waals surface area contributed by atoms with Crippen molar-refractivity contribution in [2.75, 3.05) is 5.32 Å². The zero-order chi connectivity index (χ0) is 20.1. The van der Waals surface area contributed by atoms with Crippen LogP contribution in [0.1, 0.15) is 16.0 Å². The molecule has 0 radical (unpaired) electrons. The molecule has 0 saturated heterocycles. The van der Waals surface area contributed by atoms with Gasteiger partial charge in [0.2, 0.25) is 0 Å². The molecule has 2 heterocycles. The number of anilines is 1. The van der Waals surface area contributed by atoms with Crippen molar-refractivity contribution in [3.8, 4) is 6.07 Å². The first-order valence-electron chi connectivity index (χ1n) is 7.67. The van der Waals surface area contributed by atoms with Crippen molar-refractivity contribution in [1.29, 1.82) is 5.26 Å². The van der Waals surface area contributed by atoms with Crippen molar-refractivity contribution in [3.63, 3.8) is 0 Å². The fourth-order valence-corrected chi connectivity index (χ4v) is 4.01. The largest absolute Gasteiger partial charge is 0.417 e. The van der Waals surface area contributed by atoms with Crippen molar-refractivity contribution in [3.05, 3.63) is 69.8 Å². The highest BCUT2D eigenvalue weighted by atomic mass is 35.5. The van der Waals surface area contributed by atoms with Gasteiger partial charge in [-0.25, -0.2) is 4.98 Å². The Morgan fingerprint density at radius 1 is 1.21 bits per heavy atom. The van der Waals surface area contributed by atoms with Crippen LogP contribution in [0.5, 0.6) is 0 Å². The van der Waals surface area contributed by atoms with Crippen LogP contribution in [0.25, 0.3) is 6.08 Å². The molecular formula is C18H10ClF3N4S2. The Morgan fingerprint density at radius 2 is 1.96 bits per heavy atom. The number of pyridine rings is 1. The molecule has 0 bridgehead atoms. The first-order valence-corrected chi connectivity index (χ1v) is 9.64. The lowest BCUT2D eigenvalue weighted by atomic mass is 10.3. The predicted octanol–water partition coefficient (Wildman–Crippen LogP) is 6.32. The average molecular weight is 439 g/mol. The highest BCUT2D eigenvalue weighted by molar-refractivity contribution is 7.99. The molecule has 0 aliphatic rings. The van der Waals surface area contributed by atoms with E-state index in [1.165, 1.54) is 0 Å². The minimum absolute atomic E-state index is 0.148. The van der Waals surface area contributed by atoms with E-state index < -0.39 is 11.7 Å². The van der Waals surface area contributed by atoms with E-state index in [4.69, 9.17) is 11.6 Å². The van der Waals surface area contributed by atoms with E-state index in [0.29, 0.717) is 21.7 Å². The third kappa shape index (κ3) is 4.84. The lowest BCUT2D eigenvalue weighted by Gasteiger charge is -2.08. The predicted molar refractivity (Wildman–Crippen MR) is 104 cm³/mol. The summed E-state index contributed by atoms with van der Waals surface area (Å²) < 4.78 is 42.4. The molecule has 28 heavy (non-hydrogen) atoms. The zero-order valence-corrected chi connectivity index (χ0v) is 16.3. The van der Waals surface area contributed by atoms with Gasteiger partial charge in [-0.2, -0.15) is 22.8 Å². The molecule has 0 amide bonds. The second-order valence-electron chi connectivity index (χ2n) is 5.29. The van der Waals surface area contributed by atoms with Crippen LogP contribution in [0.4, 0.5) is 18.9 Å². The van der Waals surface area contributed by atoms with Gasteiger partial charge in [0.05, 0.1) is 15.5 Å². The second-order valence-corrected chi connectivity index (χ2v) is 7.48. The third-order valence-electron chi connectivity index (χ3n) is 3.39. The van der Waals surface area contributed by atoms with Crippen molar-refractivity contribution in [2.45, 2.75) is 16.2 Å². The van der Waals surface area contributed by atoms with Crippen LogP contribution in [0.3, 0.4) is 0 Å². The van der Waals surface area contributed by atoms with Gasteiger partial charge >= 0.3 is 6.18 Å². The van der Waals surface area contributed by atoms with Gasteiger partial charge in [0.15, 0.2) is 0 Å². The smallest absolute Gasteiger partial charge is 0.362 e. The summed E-state index contributed by atoms with van der Waals surface area (Å²) in [4.78, 5) is 4.37. The van der Waals surface area contributed by atoms with Crippen LogP contribution in [0.15, 0.2) is 58.8 Å². The number of alkyl halides is 3. The topological polar surface area (TPSA) is 61.6 Å². The summed E-state index contributed by atoms with van der Waals surface area (Å²) in [5, 5.41) is 12.9. The van der Waals surface area contributed by atoms with Crippen LogP contribution in [-0.4, -0.2) is 9.36 Å². The molecule has 1 aromatic carbocycles. The van der Waals surface area contributed by atoms with E-state index in [2.05, 4.69) is 20.7 Å². The molecule has 0 saturated carbocycles. The lowest BCUT2D eigenvalue weighted by Crippen LogP contribution is -2.05. The first kappa shape index (κ1) is 20.2. The number of aromatic nitrogens is 2. The average Bonchev–Trinajstić information content (AvgIpc) is 3.05. The van der Waals surface area contributed by atoms with Crippen LogP contribution >= 0.6 is 34.9 Å². The number of para-hydroxylation sites is 1. The van der Waals surface area contributed by atoms with E-state index in [0.717, 1.165) is 35.0 Å². The molecular weight excluding hydrogens is 429 g/mol. The minimum atomic E-state index is -4.53. The Balaban J connectivity index is 1.78. The van der Waals surface area contributed by atoms with Crippen molar-refractivity contribution < 1.29 is 13.2 Å². The highest BCUT2D eigenvalue weighted by Crippen LogP contribution is 2.38. The first-order chi connectivity index (χ1) is 13.4. The number of nitriles is 1. The summed E-state index contributed by atoms with van der Waals surface area (Å²) in [6.07, 6.45) is -0.435. The van der Waals surface area contributed by atoms with E-state index in [1.54, 1.807) is 12.3 Å². The summed E-state index contributed by atoms with van der Waals surface area (Å²) in [6.45, 7) is 0. The second kappa shape index (κ2) is 8.65. The number of hydrogen-bond acceptors (Lipinski definition) is 6. The highest BCUT2D eigenvalue weighted by Gasteiger charge is 2.31. The number of benzene rings is 1. The van der Waals surface area contributed by atoms with Crippen molar-refractivity contribution in [2.24, 2.45) is 0 Å². The molecule has 4 nitrogen and oxygen atoms in total. The van der Waals surface area contributed by atoms with Crippen LogP contribution in [0.2, 0.25) is 5.02 Å². The van der Waals surface area contributed by atoms with Gasteiger partial charge in [0.1, 0.15) is 21.7 Å². The number of nitrogens with one attached hydrogen (secondary N) is 1. The van der Waals surface area contributed by atoms with Crippen molar-refractivity contribution in [1.82, 2.24) is 9.36 Å². The van der Waals surface area contributed by atoms with Gasteiger partial charge in [-0.3, -0.25) is 0 Å². The SMILES string of the molecule is N#Cc1c(Sc2ncc(C(F)(F)F)cc2Cl)nsc1/C=C/Nc1ccccc1. The zero-order valence-electron chi connectivity index (χ0n) is 13.9. The molecule has 10 heteroatoms. The van der Waals surface area contributed by atoms with Crippen molar-refractivity contribution >= 4 is 46.7 Å². The van der Waals surface area contributed by atoms with Gasteiger partial charge in [-0.1, -0.05) is 29.8 Å². The summed E-state index contributed by atoms with van der Waals surface area (Å²) in [5.74, 6) is 0. The van der Waals surface area contributed by atoms with E-state index in [9.17, 15) is 18.4 Å². The summed E-state index contributed by atoms with van der Waals surface area (Å²) in [5.41, 5.74) is 0.257. The van der Waals surface area contributed by atoms with Gasteiger partial charge in [0.25, 0.3) is 0 Å². The Labute approximate surface area is 171 Å².